The van der Waals surface area contributed by atoms with E-state index in [0.29, 0.717) is 22.3 Å². The first kappa shape index (κ1) is 15.9. The topological polar surface area (TPSA) is 74.8 Å². The van der Waals surface area contributed by atoms with E-state index in [1.54, 1.807) is 18.2 Å². The second-order valence-electron chi connectivity index (χ2n) is 4.07. The molecule has 0 aliphatic heterocycles. The fourth-order valence-electron chi connectivity index (χ4n) is 1.62. The van der Waals surface area contributed by atoms with E-state index in [2.05, 4.69) is 15.3 Å². The van der Waals surface area contributed by atoms with Crippen LogP contribution in [0.25, 0.3) is 0 Å². The van der Waals surface area contributed by atoms with Gasteiger partial charge in [-0.15, -0.1) is 0 Å². The number of anilines is 1. The van der Waals surface area contributed by atoms with Crippen molar-refractivity contribution >= 4 is 46.6 Å². The lowest BCUT2D eigenvalue weighted by Gasteiger charge is -2.08. The summed E-state index contributed by atoms with van der Waals surface area (Å²) >= 11 is 13.4. The minimum absolute atomic E-state index is 0.0267. The number of nitrogens with one attached hydrogen (secondary N) is 2. The summed E-state index contributed by atoms with van der Waals surface area (Å²) in [4.78, 5) is 30.4. The Morgan fingerprint density at radius 3 is 2.90 bits per heavy atom. The van der Waals surface area contributed by atoms with E-state index in [0.717, 1.165) is 6.07 Å². The van der Waals surface area contributed by atoms with Crippen LogP contribution in [0.5, 0.6) is 0 Å². The number of hydrogen-bond donors (Lipinski definition) is 2. The molecule has 0 aliphatic rings. The SMILES string of the molecule is CSCc1nc(C(=O)Nc2cccc(Cl)c2Cl)cc(=O)[nH]1. The Labute approximate surface area is 135 Å². The lowest BCUT2D eigenvalue weighted by atomic mass is 10.3. The third kappa shape index (κ3) is 4.00. The average molecular weight is 344 g/mol. The number of amides is 1. The fraction of sp³-hybridized carbons (Fsp3) is 0.154. The van der Waals surface area contributed by atoms with Crippen molar-refractivity contribution in [1.82, 2.24) is 9.97 Å². The molecule has 0 aliphatic carbocycles. The summed E-state index contributed by atoms with van der Waals surface area (Å²) in [5, 5.41) is 3.15. The van der Waals surface area contributed by atoms with Crippen molar-refractivity contribution in [3.05, 3.63) is 56.2 Å². The van der Waals surface area contributed by atoms with Gasteiger partial charge in [0.25, 0.3) is 11.5 Å². The van der Waals surface area contributed by atoms with Crippen LogP contribution in [0.15, 0.2) is 29.1 Å². The van der Waals surface area contributed by atoms with Gasteiger partial charge in [0, 0.05) is 6.07 Å². The molecule has 8 heteroatoms. The molecule has 0 atom stereocenters. The molecule has 0 bridgehead atoms. The molecule has 110 valence electrons. The van der Waals surface area contributed by atoms with Crippen LogP contribution in [0.1, 0.15) is 16.3 Å². The molecule has 2 rings (SSSR count). The Balaban J connectivity index is 2.28. The first-order chi connectivity index (χ1) is 10.0. The first-order valence-corrected chi connectivity index (χ1v) is 8.01. The highest BCUT2D eigenvalue weighted by molar-refractivity contribution is 7.97. The monoisotopic (exact) mass is 343 g/mol. The highest BCUT2D eigenvalue weighted by Gasteiger charge is 2.13. The Hall–Kier alpha value is -1.50. The van der Waals surface area contributed by atoms with Crippen LogP contribution in [0, 0.1) is 0 Å². The Morgan fingerprint density at radius 2 is 2.19 bits per heavy atom. The fourth-order valence-corrected chi connectivity index (χ4v) is 2.37. The number of nitrogens with zero attached hydrogens (tertiary/aromatic N) is 1. The molecule has 21 heavy (non-hydrogen) atoms. The molecule has 2 aromatic rings. The number of hydrogen-bond acceptors (Lipinski definition) is 4. The van der Waals surface area contributed by atoms with Crippen LogP contribution in [-0.4, -0.2) is 22.1 Å². The van der Waals surface area contributed by atoms with Crippen LogP contribution in [0.2, 0.25) is 10.0 Å². The van der Waals surface area contributed by atoms with Crippen molar-refractivity contribution < 1.29 is 4.79 Å². The highest BCUT2D eigenvalue weighted by atomic mass is 35.5. The second-order valence-corrected chi connectivity index (χ2v) is 5.72. The van der Waals surface area contributed by atoms with Gasteiger partial charge in [-0.2, -0.15) is 11.8 Å². The van der Waals surface area contributed by atoms with Gasteiger partial charge in [-0.25, -0.2) is 4.98 Å². The van der Waals surface area contributed by atoms with Crippen molar-refractivity contribution in [1.29, 1.82) is 0 Å². The molecule has 1 heterocycles. The van der Waals surface area contributed by atoms with E-state index in [1.807, 2.05) is 6.26 Å². The molecular formula is C13H11Cl2N3O2S. The van der Waals surface area contributed by atoms with Gasteiger partial charge in [-0.05, 0) is 18.4 Å². The van der Waals surface area contributed by atoms with Crippen molar-refractivity contribution in [2.24, 2.45) is 0 Å². The highest BCUT2D eigenvalue weighted by Crippen LogP contribution is 2.29. The number of aromatic amines is 1. The lowest BCUT2D eigenvalue weighted by Crippen LogP contribution is -2.20. The number of halogens is 2. The number of benzene rings is 1. The van der Waals surface area contributed by atoms with Gasteiger partial charge in [0.15, 0.2) is 0 Å². The van der Waals surface area contributed by atoms with E-state index in [-0.39, 0.29) is 16.3 Å². The molecule has 1 aromatic heterocycles. The minimum Gasteiger partial charge on any atom is -0.319 e. The molecule has 1 aromatic carbocycles. The third-order valence-electron chi connectivity index (χ3n) is 2.50. The maximum Gasteiger partial charge on any atom is 0.274 e. The van der Waals surface area contributed by atoms with Gasteiger partial charge in [0.05, 0.1) is 21.5 Å². The summed E-state index contributed by atoms with van der Waals surface area (Å²) < 4.78 is 0. The molecule has 0 radical (unpaired) electrons. The normalized spacial score (nSPS) is 10.4. The summed E-state index contributed by atoms with van der Waals surface area (Å²) in [6.45, 7) is 0. The predicted octanol–water partition coefficient (Wildman–Crippen LogP) is 3.19. The van der Waals surface area contributed by atoms with E-state index >= 15 is 0 Å². The van der Waals surface area contributed by atoms with Gasteiger partial charge in [-0.1, -0.05) is 29.3 Å². The molecule has 0 saturated carbocycles. The smallest absolute Gasteiger partial charge is 0.274 e. The summed E-state index contributed by atoms with van der Waals surface area (Å²) in [6, 6.07) is 6.02. The molecule has 0 fully saturated rings. The summed E-state index contributed by atoms with van der Waals surface area (Å²) in [6.07, 6.45) is 1.87. The van der Waals surface area contributed by atoms with E-state index in [4.69, 9.17) is 23.2 Å². The van der Waals surface area contributed by atoms with Crippen LogP contribution in [-0.2, 0) is 5.75 Å². The largest absolute Gasteiger partial charge is 0.319 e. The summed E-state index contributed by atoms with van der Waals surface area (Å²) in [7, 11) is 0. The van der Waals surface area contributed by atoms with Gasteiger partial charge in [0.1, 0.15) is 11.5 Å². The average Bonchev–Trinajstić information content (AvgIpc) is 2.43. The number of carbonyl (C=O) groups is 1. The minimum atomic E-state index is -0.521. The zero-order valence-corrected chi connectivity index (χ0v) is 13.3. The zero-order valence-electron chi connectivity index (χ0n) is 10.9. The first-order valence-electron chi connectivity index (χ1n) is 5.86. The van der Waals surface area contributed by atoms with Crippen LogP contribution < -0.4 is 10.9 Å². The van der Waals surface area contributed by atoms with Crippen LogP contribution in [0.4, 0.5) is 5.69 Å². The van der Waals surface area contributed by atoms with Gasteiger partial charge in [0.2, 0.25) is 0 Å². The zero-order chi connectivity index (χ0) is 15.4. The number of rotatable bonds is 4. The molecule has 0 spiro atoms. The van der Waals surface area contributed by atoms with E-state index < -0.39 is 5.91 Å². The van der Waals surface area contributed by atoms with Crippen molar-refractivity contribution in [3.63, 3.8) is 0 Å². The maximum atomic E-state index is 12.2. The Bertz CT molecular complexity index is 734. The van der Waals surface area contributed by atoms with Gasteiger partial charge < -0.3 is 10.3 Å². The summed E-state index contributed by atoms with van der Waals surface area (Å²) in [5.74, 6) is 0.429. The maximum absolute atomic E-state index is 12.2. The Kier molecular flexibility index (Phi) is 5.27. The van der Waals surface area contributed by atoms with Crippen LogP contribution in [0.3, 0.4) is 0 Å². The standard InChI is InChI=1S/C13H11Cl2N3O2S/c1-21-6-10-16-9(5-11(19)18-10)13(20)17-8-4-2-3-7(14)12(8)15/h2-5H,6H2,1H3,(H,17,20)(H,16,18,19). The molecular weight excluding hydrogens is 333 g/mol. The summed E-state index contributed by atoms with van der Waals surface area (Å²) in [5.41, 5.74) is 0.0119. The second kappa shape index (κ2) is 6.98. The predicted molar refractivity (Wildman–Crippen MR) is 86.5 cm³/mol. The molecule has 0 unspecified atom stereocenters. The van der Waals surface area contributed by atoms with Crippen molar-refractivity contribution in [2.75, 3.05) is 11.6 Å². The van der Waals surface area contributed by atoms with Gasteiger partial charge in [-0.3, -0.25) is 9.59 Å². The lowest BCUT2D eigenvalue weighted by molar-refractivity contribution is 0.102. The Morgan fingerprint density at radius 1 is 1.43 bits per heavy atom. The van der Waals surface area contributed by atoms with Crippen LogP contribution >= 0.6 is 35.0 Å². The third-order valence-corrected chi connectivity index (χ3v) is 3.89. The van der Waals surface area contributed by atoms with Crippen molar-refractivity contribution in [2.45, 2.75) is 5.75 Å². The number of carbonyl (C=O) groups excluding carboxylic acids is 1. The molecule has 0 saturated heterocycles. The van der Waals surface area contributed by atoms with Gasteiger partial charge >= 0.3 is 0 Å². The number of thioether (sulfide) groups is 1. The number of aromatic nitrogens is 2. The molecule has 5 nitrogen and oxygen atoms in total. The molecule has 2 N–H and O–H groups in total. The van der Waals surface area contributed by atoms with E-state index in [1.165, 1.54) is 11.8 Å². The van der Waals surface area contributed by atoms with E-state index in [9.17, 15) is 9.59 Å². The number of H-pyrrole nitrogens is 1. The quantitative estimate of drug-likeness (QED) is 0.893. The van der Waals surface area contributed by atoms with Crippen molar-refractivity contribution in [3.8, 4) is 0 Å². The molecule has 1 amide bonds.